The Bertz CT molecular complexity index is 794. The molecule has 0 unspecified atom stereocenters. The van der Waals surface area contributed by atoms with Crippen LogP contribution in [0.3, 0.4) is 0 Å². The van der Waals surface area contributed by atoms with Gasteiger partial charge in [-0.2, -0.15) is 0 Å². The fraction of sp³-hybridized carbons (Fsp3) is 0.214. The second-order valence-electron chi connectivity index (χ2n) is 4.55. The molecule has 0 aliphatic rings. The quantitative estimate of drug-likeness (QED) is 0.569. The number of hydrogen-bond acceptors (Lipinski definition) is 6. The highest BCUT2D eigenvalue weighted by molar-refractivity contribution is 7.13. The van der Waals surface area contributed by atoms with Crippen molar-refractivity contribution in [3.63, 3.8) is 0 Å². The number of thiophene rings is 1. The maximum Gasteiger partial charge on any atom is 0.324 e. The highest BCUT2D eigenvalue weighted by Crippen LogP contribution is 2.24. The fourth-order valence-corrected chi connectivity index (χ4v) is 2.72. The van der Waals surface area contributed by atoms with Crippen LogP contribution in [0.25, 0.3) is 11.1 Å². The van der Waals surface area contributed by atoms with Crippen molar-refractivity contribution in [1.82, 2.24) is 4.98 Å². The Balaban J connectivity index is 1.73. The summed E-state index contributed by atoms with van der Waals surface area (Å²) in [6.07, 6.45) is 0.760. The van der Waals surface area contributed by atoms with E-state index in [1.807, 2.05) is 25.1 Å². The predicted molar refractivity (Wildman–Crippen MR) is 81.7 cm³/mol. The minimum absolute atomic E-state index is 0.159. The van der Waals surface area contributed by atoms with Crippen molar-refractivity contribution in [2.24, 2.45) is 0 Å². The average Bonchev–Trinajstić information content (AvgIpc) is 3.10. The van der Waals surface area contributed by atoms with E-state index < -0.39 is 0 Å². The van der Waals surface area contributed by atoms with Crippen LogP contribution in [0.4, 0.5) is 10.7 Å². The summed E-state index contributed by atoms with van der Waals surface area (Å²) in [5, 5.41) is 15.8. The summed E-state index contributed by atoms with van der Waals surface area (Å²) in [5.74, 6) is 0.718. The van der Waals surface area contributed by atoms with Crippen molar-refractivity contribution in [3.8, 4) is 0 Å². The Morgan fingerprint density at radius 2 is 2.29 bits per heavy atom. The summed E-state index contributed by atoms with van der Waals surface area (Å²) in [6, 6.07) is 7.29. The first kappa shape index (κ1) is 13.6. The van der Waals surface area contributed by atoms with Gasteiger partial charge in [0.05, 0.1) is 4.92 Å². The van der Waals surface area contributed by atoms with Gasteiger partial charge in [0.2, 0.25) is 0 Å². The van der Waals surface area contributed by atoms with Crippen molar-refractivity contribution >= 4 is 33.1 Å². The van der Waals surface area contributed by atoms with Gasteiger partial charge >= 0.3 is 5.00 Å². The molecule has 2 heterocycles. The van der Waals surface area contributed by atoms with Crippen LogP contribution in [0, 0.1) is 10.1 Å². The van der Waals surface area contributed by atoms with E-state index >= 15 is 0 Å². The molecule has 0 aliphatic heterocycles. The second-order valence-corrected chi connectivity index (χ2v) is 5.44. The Labute approximate surface area is 124 Å². The van der Waals surface area contributed by atoms with Crippen LogP contribution >= 0.6 is 11.3 Å². The summed E-state index contributed by atoms with van der Waals surface area (Å²) in [5.41, 5.74) is 3.38. The van der Waals surface area contributed by atoms with Gasteiger partial charge in [-0.3, -0.25) is 10.1 Å². The van der Waals surface area contributed by atoms with Gasteiger partial charge in [-0.1, -0.05) is 18.3 Å². The molecule has 0 aliphatic carbocycles. The van der Waals surface area contributed by atoms with Crippen molar-refractivity contribution in [2.75, 3.05) is 5.32 Å². The summed E-state index contributed by atoms with van der Waals surface area (Å²) < 4.78 is 5.55. The maximum atomic E-state index is 10.6. The molecule has 0 fully saturated rings. The summed E-state index contributed by atoms with van der Waals surface area (Å²) in [4.78, 5) is 14.6. The molecule has 21 heavy (non-hydrogen) atoms. The number of rotatable bonds is 5. The van der Waals surface area contributed by atoms with E-state index in [2.05, 4.69) is 10.3 Å². The molecule has 108 valence electrons. The van der Waals surface area contributed by atoms with E-state index in [-0.39, 0.29) is 9.92 Å². The van der Waals surface area contributed by atoms with E-state index in [9.17, 15) is 10.1 Å². The number of nitrogens with one attached hydrogen (secondary N) is 1. The van der Waals surface area contributed by atoms with Crippen LogP contribution in [0.2, 0.25) is 0 Å². The van der Waals surface area contributed by atoms with Crippen LogP contribution in [0.1, 0.15) is 18.4 Å². The summed E-state index contributed by atoms with van der Waals surface area (Å²) in [7, 11) is 0. The minimum atomic E-state index is -0.373. The van der Waals surface area contributed by atoms with Gasteiger partial charge < -0.3 is 9.73 Å². The molecular weight excluding hydrogens is 290 g/mol. The Kier molecular flexibility index (Phi) is 3.57. The van der Waals surface area contributed by atoms with Crippen LogP contribution in [0.15, 0.2) is 34.1 Å². The fourth-order valence-electron chi connectivity index (χ4n) is 1.99. The Morgan fingerprint density at radius 3 is 3.00 bits per heavy atom. The number of oxazole rings is 1. The molecule has 2 aromatic heterocycles. The van der Waals surface area contributed by atoms with Gasteiger partial charge in [-0.25, -0.2) is 4.98 Å². The highest BCUT2D eigenvalue weighted by Gasteiger charge is 2.09. The minimum Gasteiger partial charge on any atom is -0.441 e. The molecule has 0 spiro atoms. The van der Waals surface area contributed by atoms with Gasteiger partial charge in [0.25, 0.3) is 0 Å². The first-order valence-electron chi connectivity index (χ1n) is 6.51. The largest absolute Gasteiger partial charge is 0.441 e. The normalized spacial score (nSPS) is 10.9. The van der Waals surface area contributed by atoms with Crippen LogP contribution in [-0.2, 0) is 13.0 Å². The lowest BCUT2D eigenvalue weighted by Gasteiger charge is -2.03. The van der Waals surface area contributed by atoms with Crippen molar-refractivity contribution in [3.05, 3.63) is 51.2 Å². The maximum absolute atomic E-state index is 10.6. The number of hydrogen-bond donors (Lipinski definition) is 1. The van der Waals surface area contributed by atoms with Gasteiger partial charge in [-0.15, -0.1) is 0 Å². The van der Waals surface area contributed by atoms with Crippen LogP contribution < -0.4 is 5.32 Å². The number of nitro groups is 1. The molecule has 1 N–H and O–H groups in total. The van der Waals surface area contributed by atoms with Crippen LogP contribution in [0.5, 0.6) is 0 Å². The number of benzene rings is 1. The van der Waals surface area contributed by atoms with E-state index in [1.165, 1.54) is 0 Å². The molecule has 0 saturated heterocycles. The predicted octanol–water partition coefficient (Wildman–Crippen LogP) is 3.97. The lowest BCUT2D eigenvalue weighted by molar-refractivity contribution is -0.380. The van der Waals surface area contributed by atoms with Crippen LogP contribution in [-0.4, -0.2) is 9.91 Å². The monoisotopic (exact) mass is 303 g/mol. The molecule has 1 aromatic carbocycles. The first-order chi connectivity index (χ1) is 10.2. The number of aryl methyl sites for hydroxylation is 1. The molecule has 3 aromatic rings. The molecule has 6 nitrogen and oxygen atoms in total. The Hall–Kier alpha value is -2.41. The van der Waals surface area contributed by atoms with Crippen molar-refractivity contribution in [2.45, 2.75) is 19.9 Å². The third kappa shape index (κ3) is 2.87. The van der Waals surface area contributed by atoms with E-state index in [1.54, 1.807) is 11.4 Å². The zero-order valence-electron chi connectivity index (χ0n) is 11.3. The lowest BCUT2D eigenvalue weighted by Crippen LogP contribution is -1.97. The number of aromatic nitrogens is 1. The zero-order chi connectivity index (χ0) is 14.8. The van der Waals surface area contributed by atoms with E-state index in [0.717, 1.165) is 46.0 Å². The molecular formula is C14H13N3O3S. The topological polar surface area (TPSA) is 81.2 Å². The third-order valence-electron chi connectivity index (χ3n) is 3.05. The van der Waals surface area contributed by atoms with E-state index in [4.69, 9.17) is 4.42 Å². The van der Waals surface area contributed by atoms with Gasteiger partial charge in [0, 0.05) is 30.1 Å². The number of nitrogens with zero attached hydrogens (tertiary/aromatic N) is 2. The summed E-state index contributed by atoms with van der Waals surface area (Å²) >= 11 is 1.14. The Morgan fingerprint density at radius 1 is 1.43 bits per heavy atom. The van der Waals surface area contributed by atoms with Crippen molar-refractivity contribution in [1.29, 1.82) is 0 Å². The molecule has 3 rings (SSSR count). The number of fused-ring (bicyclic) bond motifs is 1. The van der Waals surface area contributed by atoms with E-state index in [0.29, 0.717) is 6.54 Å². The summed E-state index contributed by atoms with van der Waals surface area (Å²) in [6.45, 7) is 2.53. The zero-order valence-corrected chi connectivity index (χ0v) is 12.1. The first-order valence-corrected chi connectivity index (χ1v) is 7.39. The van der Waals surface area contributed by atoms with Gasteiger partial charge in [-0.05, 0) is 23.8 Å². The second kappa shape index (κ2) is 5.53. The SMILES string of the molecule is CCc1nc2cc(NCc3csc([N+](=O)[O-])c3)ccc2o1. The van der Waals surface area contributed by atoms with Crippen molar-refractivity contribution < 1.29 is 9.34 Å². The molecule has 0 atom stereocenters. The van der Waals surface area contributed by atoms with Gasteiger partial charge in [0.1, 0.15) is 5.52 Å². The van der Waals surface area contributed by atoms with Gasteiger partial charge in [0.15, 0.2) is 11.5 Å². The molecule has 0 bridgehead atoms. The average molecular weight is 303 g/mol. The molecule has 0 radical (unpaired) electrons. The molecule has 0 amide bonds. The lowest BCUT2D eigenvalue weighted by atomic mass is 10.2. The third-order valence-corrected chi connectivity index (χ3v) is 3.98. The standard InChI is InChI=1S/C14H13N3O3S/c1-2-13-16-11-6-10(3-4-12(11)20-13)15-7-9-5-14(17(18)19)21-8-9/h3-6,8,15H,2,7H2,1H3. The highest BCUT2D eigenvalue weighted by atomic mass is 32.1. The molecule has 0 saturated carbocycles. The smallest absolute Gasteiger partial charge is 0.324 e. The molecule has 7 heteroatoms. The number of anilines is 1.